The summed E-state index contributed by atoms with van der Waals surface area (Å²) < 4.78 is 22.7. The molecule has 0 saturated carbocycles. The largest absolute Gasteiger partial charge is 0.223 e. The minimum absolute atomic E-state index is 0.00296. The summed E-state index contributed by atoms with van der Waals surface area (Å²) in [6.45, 7) is 9.39. The lowest BCUT2D eigenvalue weighted by molar-refractivity contribution is 0.599. The van der Waals surface area contributed by atoms with Crippen molar-refractivity contribution in [2.45, 2.75) is 4.90 Å². The summed E-state index contributed by atoms with van der Waals surface area (Å²) in [4.78, 5) is 0.352. The normalized spacial score (nSPS) is 9.71. The predicted molar refractivity (Wildman–Crippen MR) is 59.9 cm³/mol. The van der Waals surface area contributed by atoms with Gasteiger partial charge in [-0.05, 0) is 12.1 Å². The number of hydrogen-bond acceptors (Lipinski definition) is 2. The van der Waals surface area contributed by atoms with Gasteiger partial charge in [-0.3, -0.25) is 0 Å². The molecule has 0 aliphatic heterocycles. The molecule has 0 atom stereocenters. The fourth-order valence-electron chi connectivity index (χ4n) is 0.879. The molecule has 0 aromatic heterocycles. The topological polar surface area (TPSA) is 34.1 Å². The van der Waals surface area contributed by atoms with Crippen molar-refractivity contribution >= 4 is 9.84 Å². The van der Waals surface area contributed by atoms with Gasteiger partial charge in [-0.25, -0.2) is 8.42 Å². The Hall–Kier alpha value is -1.35. The lowest BCUT2D eigenvalue weighted by Gasteiger charge is -1.98. The van der Waals surface area contributed by atoms with Crippen LogP contribution in [-0.4, -0.2) is 14.2 Å². The van der Waals surface area contributed by atoms with Crippen molar-refractivity contribution in [1.82, 2.24) is 0 Å². The Bertz CT molecular complexity index is 366. The average molecular weight is 210 g/mol. The second-order valence-corrected chi connectivity index (χ2v) is 4.42. The molecule has 14 heavy (non-hydrogen) atoms. The van der Waals surface area contributed by atoms with E-state index in [1.807, 2.05) is 0 Å². The SMILES string of the molecule is C=C.C=CCS(=O)(=O)c1ccccc1. The highest BCUT2D eigenvalue weighted by atomic mass is 32.2. The first-order valence-corrected chi connectivity index (χ1v) is 5.71. The van der Waals surface area contributed by atoms with Crippen molar-refractivity contribution in [2.75, 3.05) is 5.75 Å². The molecule has 2 nitrogen and oxygen atoms in total. The molecule has 3 heteroatoms. The Morgan fingerprint density at radius 2 is 1.64 bits per heavy atom. The van der Waals surface area contributed by atoms with Gasteiger partial charge in [-0.15, -0.1) is 19.7 Å². The van der Waals surface area contributed by atoms with E-state index in [9.17, 15) is 8.42 Å². The second-order valence-electron chi connectivity index (χ2n) is 2.38. The van der Waals surface area contributed by atoms with Crippen LogP contribution in [0.5, 0.6) is 0 Å². The smallest absolute Gasteiger partial charge is 0.181 e. The second kappa shape index (κ2) is 6.16. The molecule has 0 bridgehead atoms. The molecule has 0 spiro atoms. The van der Waals surface area contributed by atoms with E-state index in [0.29, 0.717) is 4.90 Å². The minimum atomic E-state index is -3.13. The number of hydrogen-bond donors (Lipinski definition) is 0. The van der Waals surface area contributed by atoms with E-state index < -0.39 is 9.84 Å². The van der Waals surface area contributed by atoms with Gasteiger partial charge < -0.3 is 0 Å². The molecule has 0 unspecified atom stereocenters. The fourth-order valence-corrected chi connectivity index (χ4v) is 1.95. The molecular weight excluding hydrogens is 196 g/mol. The Morgan fingerprint density at radius 3 is 2.07 bits per heavy atom. The van der Waals surface area contributed by atoms with E-state index in [-0.39, 0.29) is 5.75 Å². The maximum absolute atomic E-state index is 11.4. The summed E-state index contributed by atoms with van der Waals surface area (Å²) in [6.07, 6.45) is 1.39. The molecular formula is C11H14O2S. The van der Waals surface area contributed by atoms with Crippen LogP contribution in [0.3, 0.4) is 0 Å². The number of rotatable bonds is 3. The van der Waals surface area contributed by atoms with Crippen LogP contribution in [0, 0.1) is 0 Å². The van der Waals surface area contributed by atoms with Crippen molar-refractivity contribution in [3.05, 3.63) is 56.1 Å². The van der Waals surface area contributed by atoms with Crippen LogP contribution in [0.4, 0.5) is 0 Å². The maximum Gasteiger partial charge on any atom is 0.181 e. The number of sulfone groups is 1. The molecule has 1 aromatic rings. The quantitative estimate of drug-likeness (QED) is 0.718. The van der Waals surface area contributed by atoms with Gasteiger partial charge in [-0.1, -0.05) is 24.3 Å². The Balaban J connectivity index is 0.000000791. The Morgan fingerprint density at radius 1 is 1.14 bits per heavy atom. The Kier molecular flexibility index (Phi) is 5.56. The third-order valence-corrected chi connectivity index (χ3v) is 3.10. The number of benzene rings is 1. The highest BCUT2D eigenvalue weighted by molar-refractivity contribution is 7.91. The van der Waals surface area contributed by atoms with Gasteiger partial charge in [-0.2, -0.15) is 0 Å². The van der Waals surface area contributed by atoms with Gasteiger partial charge in [0.15, 0.2) is 9.84 Å². The molecule has 76 valence electrons. The van der Waals surface area contributed by atoms with Crippen LogP contribution >= 0.6 is 0 Å². The molecule has 0 aliphatic carbocycles. The summed E-state index contributed by atoms with van der Waals surface area (Å²) >= 11 is 0. The van der Waals surface area contributed by atoms with E-state index in [2.05, 4.69) is 19.7 Å². The summed E-state index contributed by atoms with van der Waals surface area (Å²) in [5, 5.41) is 0. The van der Waals surface area contributed by atoms with Crippen LogP contribution < -0.4 is 0 Å². The molecule has 0 aliphatic rings. The molecule has 0 saturated heterocycles. The van der Waals surface area contributed by atoms with Crippen molar-refractivity contribution < 1.29 is 8.42 Å². The highest BCUT2D eigenvalue weighted by Gasteiger charge is 2.09. The monoisotopic (exact) mass is 210 g/mol. The molecule has 0 N–H and O–H groups in total. The van der Waals surface area contributed by atoms with Crippen molar-refractivity contribution in [1.29, 1.82) is 0 Å². The van der Waals surface area contributed by atoms with Crippen molar-refractivity contribution in [3.63, 3.8) is 0 Å². The zero-order valence-electron chi connectivity index (χ0n) is 8.02. The van der Waals surface area contributed by atoms with E-state index >= 15 is 0 Å². The van der Waals surface area contributed by atoms with Crippen molar-refractivity contribution in [3.8, 4) is 0 Å². The first-order chi connectivity index (χ1) is 6.67. The van der Waals surface area contributed by atoms with E-state index in [1.165, 1.54) is 6.08 Å². The lowest BCUT2D eigenvalue weighted by atomic mass is 10.4. The maximum atomic E-state index is 11.4. The van der Waals surface area contributed by atoms with Crippen LogP contribution in [0.15, 0.2) is 61.0 Å². The minimum Gasteiger partial charge on any atom is -0.223 e. The fraction of sp³-hybridized carbons (Fsp3) is 0.0909. The molecule has 0 radical (unpaired) electrons. The molecule has 0 fully saturated rings. The van der Waals surface area contributed by atoms with Gasteiger partial charge in [0.25, 0.3) is 0 Å². The predicted octanol–water partition coefficient (Wildman–Crippen LogP) is 2.45. The average Bonchev–Trinajstić information content (AvgIpc) is 2.22. The van der Waals surface area contributed by atoms with Crippen LogP contribution in [0.1, 0.15) is 0 Å². The zero-order valence-corrected chi connectivity index (χ0v) is 8.83. The van der Waals surface area contributed by atoms with Crippen LogP contribution in [-0.2, 0) is 9.84 Å². The molecule has 1 aromatic carbocycles. The van der Waals surface area contributed by atoms with Crippen LogP contribution in [0.25, 0.3) is 0 Å². The zero-order chi connectivity index (χ0) is 11.0. The van der Waals surface area contributed by atoms with Gasteiger partial charge in [0, 0.05) is 0 Å². The van der Waals surface area contributed by atoms with E-state index in [1.54, 1.807) is 30.3 Å². The van der Waals surface area contributed by atoms with Gasteiger partial charge >= 0.3 is 0 Å². The highest BCUT2D eigenvalue weighted by Crippen LogP contribution is 2.09. The lowest BCUT2D eigenvalue weighted by Crippen LogP contribution is -2.03. The summed E-state index contributed by atoms with van der Waals surface area (Å²) in [5.41, 5.74) is 0. The molecule has 0 amide bonds. The standard InChI is InChI=1S/C9H10O2S.C2H4/c1-2-8-12(10,11)9-6-4-3-5-7-9;1-2/h2-7H,1,8H2;1-2H2. The Labute approximate surface area is 85.5 Å². The van der Waals surface area contributed by atoms with Gasteiger partial charge in [0.05, 0.1) is 10.6 Å². The van der Waals surface area contributed by atoms with Gasteiger partial charge in [0.2, 0.25) is 0 Å². The summed E-state index contributed by atoms with van der Waals surface area (Å²) in [6, 6.07) is 8.36. The van der Waals surface area contributed by atoms with Gasteiger partial charge in [0.1, 0.15) is 0 Å². The first kappa shape index (κ1) is 12.7. The third-order valence-electron chi connectivity index (χ3n) is 1.44. The summed E-state index contributed by atoms with van der Waals surface area (Å²) in [5.74, 6) is -0.00296. The third kappa shape index (κ3) is 3.58. The molecule has 0 heterocycles. The van der Waals surface area contributed by atoms with E-state index in [0.717, 1.165) is 0 Å². The summed E-state index contributed by atoms with van der Waals surface area (Å²) in [7, 11) is -3.13. The van der Waals surface area contributed by atoms with E-state index in [4.69, 9.17) is 0 Å². The molecule has 1 rings (SSSR count). The van der Waals surface area contributed by atoms with Crippen LogP contribution in [0.2, 0.25) is 0 Å². The first-order valence-electron chi connectivity index (χ1n) is 4.05. The van der Waals surface area contributed by atoms with Crippen molar-refractivity contribution in [2.24, 2.45) is 0 Å².